The number of hydrogen-bond acceptors (Lipinski definition) is 2. The molecule has 0 aliphatic carbocycles. The van der Waals surface area contributed by atoms with E-state index in [0.29, 0.717) is 6.10 Å². The summed E-state index contributed by atoms with van der Waals surface area (Å²) in [6, 6.07) is 0. The van der Waals surface area contributed by atoms with Gasteiger partial charge in [0.1, 0.15) is 6.10 Å². The summed E-state index contributed by atoms with van der Waals surface area (Å²) in [5.41, 5.74) is 0. The molecule has 0 bridgehead atoms. The Balaban J connectivity index is 1.78. The predicted molar refractivity (Wildman–Crippen MR) is 62.9 cm³/mol. The Morgan fingerprint density at radius 1 is 0.933 bits per heavy atom. The molecule has 2 nitrogen and oxygen atoms in total. The molecule has 2 heteroatoms. The Bertz CT molecular complexity index is 147. The second-order valence-corrected chi connectivity index (χ2v) is 4.47. The Kier molecular flexibility index (Phi) is 7.03. The van der Waals surface area contributed by atoms with Crippen LogP contribution in [0, 0.1) is 0 Å². The average Bonchev–Trinajstić information content (AvgIpc) is 2.99. The van der Waals surface area contributed by atoms with Gasteiger partial charge in [0.25, 0.3) is 0 Å². The highest BCUT2D eigenvalue weighted by Crippen LogP contribution is 2.28. The first-order valence-electron chi connectivity index (χ1n) is 6.65. The first-order chi connectivity index (χ1) is 7.38. The highest BCUT2D eigenvalue weighted by molar-refractivity contribution is 4.76. The maximum Gasteiger partial charge on any atom is 0.184 e. The Morgan fingerprint density at radius 2 is 1.67 bits per heavy atom. The third-order valence-electron chi connectivity index (χ3n) is 2.86. The van der Waals surface area contributed by atoms with Crippen molar-refractivity contribution in [3.05, 3.63) is 0 Å². The van der Waals surface area contributed by atoms with Crippen LogP contribution < -0.4 is 0 Å². The van der Waals surface area contributed by atoms with Gasteiger partial charge in [0, 0.05) is 6.61 Å². The van der Waals surface area contributed by atoms with Crippen LogP contribution in [-0.2, 0) is 9.47 Å². The first kappa shape index (κ1) is 13.0. The topological polar surface area (TPSA) is 21.8 Å². The van der Waals surface area contributed by atoms with E-state index in [4.69, 9.17) is 9.47 Å². The zero-order valence-electron chi connectivity index (χ0n) is 10.3. The van der Waals surface area contributed by atoms with E-state index in [1.807, 2.05) is 0 Å². The van der Waals surface area contributed by atoms with Crippen LogP contribution in [0.5, 0.6) is 0 Å². The molecular weight excluding hydrogens is 188 g/mol. The fourth-order valence-electron chi connectivity index (χ4n) is 1.84. The maximum atomic E-state index is 5.49. The third-order valence-corrected chi connectivity index (χ3v) is 2.86. The van der Waals surface area contributed by atoms with E-state index in [-0.39, 0.29) is 6.29 Å². The molecule has 1 heterocycles. The van der Waals surface area contributed by atoms with Crippen LogP contribution >= 0.6 is 0 Å². The smallest absolute Gasteiger partial charge is 0.184 e. The van der Waals surface area contributed by atoms with Crippen molar-refractivity contribution in [2.45, 2.75) is 77.6 Å². The summed E-state index contributed by atoms with van der Waals surface area (Å²) in [7, 11) is 0. The summed E-state index contributed by atoms with van der Waals surface area (Å²) in [4.78, 5) is 0. The van der Waals surface area contributed by atoms with Crippen molar-refractivity contribution in [1.82, 2.24) is 0 Å². The summed E-state index contributed by atoms with van der Waals surface area (Å²) in [5.74, 6) is 0. The molecule has 2 atom stereocenters. The van der Waals surface area contributed by atoms with Crippen molar-refractivity contribution >= 4 is 0 Å². The second-order valence-electron chi connectivity index (χ2n) is 4.47. The number of unbranched alkanes of at least 4 members (excludes halogenated alkanes) is 5. The molecule has 0 radical (unpaired) electrons. The minimum absolute atomic E-state index is 0.139. The minimum Gasteiger partial charge on any atom is -0.350 e. The lowest BCUT2D eigenvalue weighted by molar-refractivity contribution is 0.0507. The van der Waals surface area contributed by atoms with Gasteiger partial charge in [-0.2, -0.15) is 0 Å². The van der Waals surface area contributed by atoms with Crippen molar-refractivity contribution in [2.75, 3.05) is 6.61 Å². The zero-order chi connectivity index (χ0) is 10.9. The van der Waals surface area contributed by atoms with Gasteiger partial charge >= 0.3 is 0 Å². The fraction of sp³-hybridized carbons (Fsp3) is 1.00. The lowest BCUT2D eigenvalue weighted by Gasteiger charge is -1.99. The molecule has 1 saturated heterocycles. The molecule has 0 N–H and O–H groups in total. The molecule has 1 rings (SSSR count). The van der Waals surface area contributed by atoms with E-state index in [1.54, 1.807) is 0 Å². The van der Waals surface area contributed by atoms with Crippen LogP contribution in [-0.4, -0.2) is 19.0 Å². The molecule has 0 spiro atoms. The van der Waals surface area contributed by atoms with Gasteiger partial charge in [-0.25, -0.2) is 0 Å². The molecule has 0 aromatic heterocycles. The maximum absolute atomic E-state index is 5.49. The van der Waals surface area contributed by atoms with Gasteiger partial charge in [-0.15, -0.1) is 0 Å². The van der Waals surface area contributed by atoms with Gasteiger partial charge in [-0.1, -0.05) is 52.4 Å². The quantitative estimate of drug-likeness (QED) is 0.406. The van der Waals surface area contributed by atoms with Crippen molar-refractivity contribution in [1.29, 1.82) is 0 Å². The summed E-state index contributed by atoms with van der Waals surface area (Å²) in [6.45, 7) is 5.23. The van der Waals surface area contributed by atoms with Crippen molar-refractivity contribution in [3.63, 3.8) is 0 Å². The fourth-order valence-corrected chi connectivity index (χ4v) is 1.84. The SMILES string of the molecule is CCCCCCCCC1OC1OCCC. The van der Waals surface area contributed by atoms with E-state index in [9.17, 15) is 0 Å². The van der Waals surface area contributed by atoms with Crippen LogP contribution in [0.1, 0.15) is 65.2 Å². The van der Waals surface area contributed by atoms with Gasteiger partial charge in [0.05, 0.1) is 0 Å². The van der Waals surface area contributed by atoms with Crippen molar-refractivity contribution < 1.29 is 9.47 Å². The van der Waals surface area contributed by atoms with E-state index < -0.39 is 0 Å². The zero-order valence-corrected chi connectivity index (χ0v) is 10.3. The molecule has 0 aromatic rings. The number of ether oxygens (including phenoxy) is 2. The Morgan fingerprint density at radius 3 is 2.40 bits per heavy atom. The molecule has 0 aromatic carbocycles. The average molecular weight is 214 g/mol. The lowest BCUT2D eigenvalue weighted by Crippen LogP contribution is -2.01. The number of epoxide rings is 1. The molecule has 1 aliphatic heterocycles. The Hall–Kier alpha value is -0.0800. The standard InChI is InChI=1S/C13H26O2/c1-3-5-6-7-8-9-10-12-13(15-12)14-11-4-2/h12-13H,3-11H2,1-2H3. The molecule has 90 valence electrons. The van der Waals surface area contributed by atoms with E-state index >= 15 is 0 Å². The summed E-state index contributed by atoms with van der Waals surface area (Å²) in [6.07, 6.45) is 11.0. The van der Waals surface area contributed by atoms with Gasteiger partial charge < -0.3 is 9.47 Å². The van der Waals surface area contributed by atoms with E-state index in [2.05, 4.69) is 13.8 Å². The van der Waals surface area contributed by atoms with Gasteiger partial charge in [-0.05, 0) is 12.8 Å². The van der Waals surface area contributed by atoms with Crippen molar-refractivity contribution in [3.8, 4) is 0 Å². The summed E-state index contributed by atoms with van der Waals surface area (Å²) in [5, 5.41) is 0. The molecule has 0 saturated carbocycles. The highest BCUT2D eigenvalue weighted by Gasteiger charge is 2.38. The first-order valence-corrected chi connectivity index (χ1v) is 6.65. The van der Waals surface area contributed by atoms with E-state index in [1.165, 1.54) is 44.9 Å². The molecule has 1 aliphatic rings. The molecular formula is C13H26O2. The highest BCUT2D eigenvalue weighted by atomic mass is 16.8. The molecule has 2 unspecified atom stereocenters. The second kappa shape index (κ2) is 8.12. The summed E-state index contributed by atoms with van der Waals surface area (Å²) >= 11 is 0. The van der Waals surface area contributed by atoms with E-state index in [0.717, 1.165) is 13.0 Å². The van der Waals surface area contributed by atoms with Crippen LogP contribution in [0.4, 0.5) is 0 Å². The van der Waals surface area contributed by atoms with Crippen LogP contribution in [0.2, 0.25) is 0 Å². The van der Waals surface area contributed by atoms with Crippen molar-refractivity contribution in [2.24, 2.45) is 0 Å². The molecule has 0 amide bonds. The van der Waals surface area contributed by atoms with Crippen LogP contribution in [0.25, 0.3) is 0 Å². The van der Waals surface area contributed by atoms with Gasteiger partial charge in [-0.3, -0.25) is 0 Å². The minimum atomic E-state index is 0.139. The summed E-state index contributed by atoms with van der Waals surface area (Å²) < 4.78 is 10.9. The van der Waals surface area contributed by atoms with Gasteiger partial charge in [0.2, 0.25) is 0 Å². The normalized spacial score (nSPS) is 24.4. The lowest BCUT2D eigenvalue weighted by atomic mass is 10.1. The van der Waals surface area contributed by atoms with Crippen LogP contribution in [0.15, 0.2) is 0 Å². The van der Waals surface area contributed by atoms with Crippen LogP contribution in [0.3, 0.4) is 0 Å². The monoisotopic (exact) mass is 214 g/mol. The molecule has 1 fully saturated rings. The number of rotatable bonds is 10. The predicted octanol–water partition coefficient (Wildman–Crippen LogP) is 3.89. The van der Waals surface area contributed by atoms with Gasteiger partial charge in [0.15, 0.2) is 6.29 Å². The molecule has 15 heavy (non-hydrogen) atoms. The largest absolute Gasteiger partial charge is 0.350 e. The Labute approximate surface area is 94.3 Å². The number of hydrogen-bond donors (Lipinski definition) is 0. The third kappa shape index (κ3) is 6.16.